The van der Waals surface area contributed by atoms with Crippen LogP contribution in [0.5, 0.6) is 0 Å². The molecule has 2 heterocycles. The maximum Gasteiger partial charge on any atom is 0.339 e. The van der Waals surface area contributed by atoms with Gasteiger partial charge in [-0.2, -0.15) is 0 Å². The lowest BCUT2D eigenvalue weighted by atomic mass is 10.1. The molecule has 1 fully saturated rings. The fourth-order valence-corrected chi connectivity index (χ4v) is 4.17. The fourth-order valence-electron chi connectivity index (χ4n) is 3.21. The minimum atomic E-state index is -0.783. The van der Waals surface area contributed by atoms with Crippen LogP contribution in [0.4, 0.5) is 0 Å². The third-order valence-corrected chi connectivity index (χ3v) is 5.50. The summed E-state index contributed by atoms with van der Waals surface area (Å²) in [7, 11) is 0. The van der Waals surface area contributed by atoms with Crippen molar-refractivity contribution in [2.24, 2.45) is 0 Å². The van der Waals surface area contributed by atoms with E-state index < -0.39 is 12.1 Å². The molecule has 1 saturated heterocycles. The minimum Gasteiger partial charge on any atom is -0.449 e. The molecule has 1 amide bonds. The van der Waals surface area contributed by atoms with Crippen LogP contribution in [0, 0.1) is 13.8 Å². The van der Waals surface area contributed by atoms with Gasteiger partial charge in [0.15, 0.2) is 11.3 Å². The van der Waals surface area contributed by atoms with Gasteiger partial charge in [0.1, 0.15) is 0 Å². The maximum absolute atomic E-state index is 12.7. The van der Waals surface area contributed by atoms with E-state index in [2.05, 4.69) is 9.97 Å². The van der Waals surface area contributed by atoms with E-state index >= 15 is 0 Å². The summed E-state index contributed by atoms with van der Waals surface area (Å²) in [6.07, 6.45) is 1.23. The van der Waals surface area contributed by atoms with Crippen molar-refractivity contribution in [1.82, 2.24) is 14.9 Å². The van der Waals surface area contributed by atoms with E-state index in [4.69, 9.17) is 4.74 Å². The summed E-state index contributed by atoms with van der Waals surface area (Å²) in [4.78, 5) is 35.7. The van der Waals surface area contributed by atoms with E-state index in [0.717, 1.165) is 42.9 Å². The number of benzene rings is 1. The Labute approximate surface area is 169 Å². The Morgan fingerprint density at radius 3 is 2.46 bits per heavy atom. The van der Waals surface area contributed by atoms with E-state index in [1.165, 1.54) is 11.8 Å². The third kappa shape index (κ3) is 5.10. The van der Waals surface area contributed by atoms with E-state index in [0.29, 0.717) is 16.5 Å². The number of aryl methyl sites for hydroxylation is 2. The van der Waals surface area contributed by atoms with Crippen LogP contribution < -0.4 is 0 Å². The summed E-state index contributed by atoms with van der Waals surface area (Å²) in [5.41, 5.74) is 3.13. The van der Waals surface area contributed by atoms with Gasteiger partial charge in [-0.1, -0.05) is 30.0 Å². The molecule has 0 spiro atoms. The zero-order chi connectivity index (χ0) is 20.1. The molecule has 0 bridgehead atoms. The first-order chi connectivity index (χ1) is 13.4. The van der Waals surface area contributed by atoms with Crippen LogP contribution in [0.3, 0.4) is 0 Å². The highest BCUT2D eigenvalue weighted by atomic mass is 32.2. The van der Waals surface area contributed by atoms with E-state index in [9.17, 15) is 9.59 Å². The van der Waals surface area contributed by atoms with Gasteiger partial charge in [0, 0.05) is 30.2 Å². The summed E-state index contributed by atoms with van der Waals surface area (Å²) in [5, 5.41) is 0.679. The van der Waals surface area contributed by atoms with E-state index in [-0.39, 0.29) is 5.91 Å². The summed E-state index contributed by atoms with van der Waals surface area (Å²) in [5.74, 6) is -0.0539. The van der Waals surface area contributed by atoms with Crippen LogP contribution in [0.25, 0.3) is 0 Å². The highest BCUT2D eigenvalue weighted by Gasteiger charge is 2.26. The molecule has 3 rings (SSSR count). The Hall–Kier alpha value is -2.41. The third-order valence-electron chi connectivity index (χ3n) is 4.61. The van der Waals surface area contributed by atoms with Gasteiger partial charge < -0.3 is 9.64 Å². The molecule has 148 valence electrons. The van der Waals surface area contributed by atoms with Gasteiger partial charge in [-0.3, -0.25) is 4.79 Å². The van der Waals surface area contributed by atoms with E-state index in [1.54, 1.807) is 24.0 Å². The first kappa shape index (κ1) is 20.3. The normalized spacial score (nSPS) is 14.8. The van der Waals surface area contributed by atoms with E-state index in [1.807, 2.05) is 32.0 Å². The molecule has 0 aliphatic carbocycles. The van der Waals surface area contributed by atoms with Gasteiger partial charge in [-0.15, -0.1) is 0 Å². The lowest BCUT2D eigenvalue weighted by Crippen LogP contribution is -2.38. The molecule has 28 heavy (non-hydrogen) atoms. The number of carbonyl (C=O) groups is 2. The van der Waals surface area contributed by atoms with Crippen molar-refractivity contribution in [3.63, 3.8) is 0 Å². The smallest absolute Gasteiger partial charge is 0.339 e. The lowest BCUT2D eigenvalue weighted by molar-refractivity contribution is -0.138. The maximum atomic E-state index is 12.7. The molecule has 1 aromatic heterocycles. The van der Waals surface area contributed by atoms with Crippen molar-refractivity contribution < 1.29 is 14.3 Å². The van der Waals surface area contributed by atoms with Gasteiger partial charge in [0.25, 0.3) is 5.91 Å². The molecule has 6 nitrogen and oxygen atoms in total. The number of likely N-dealkylation sites (tertiary alicyclic amines) is 1. The number of rotatable bonds is 6. The van der Waals surface area contributed by atoms with Crippen LogP contribution in [0.2, 0.25) is 0 Å². The Kier molecular flexibility index (Phi) is 6.67. The molecule has 2 aromatic rings. The zero-order valence-electron chi connectivity index (χ0n) is 16.5. The number of esters is 1. The second-order valence-corrected chi connectivity index (χ2v) is 7.90. The van der Waals surface area contributed by atoms with Crippen LogP contribution in [-0.2, 0) is 15.3 Å². The second-order valence-electron chi connectivity index (χ2n) is 6.96. The Bertz CT molecular complexity index is 845. The number of hydrogen-bond acceptors (Lipinski definition) is 6. The number of thioether (sulfide) groups is 1. The number of aromatic nitrogens is 2. The SMILES string of the molecule is Cc1cc(C)nc(SCc2ccccc2C(=O)O[C@H](C)C(=O)N2CCCC2)n1. The predicted molar refractivity (Wildman–Crippen MR) is 108 cm³/mol. The van der Waals surface area contributed by atoms with Gasteiger partial charge in [0.2, 0.25) is 0 Å². The second kappa shape index (κ2) is 9.19. The van der Waals surface area contributed by atoms with Crippen molar-refractivity contribution >= 4 is 23.6 Å². The van der Waals surface area contributed by atoms with Crippen molar-refractivity contribution in [1.29, 1.82) is 0 Å². The highest BCUT2D eigenvalue weighted by Crippen LogP contribution is 2.23. The molecular weight excluding hydrogens is 374 g/mol. The molecule has 0 saturated carbocycles. The topological polar surface area (TPSA) is 72.4 Å². The zero-order valence-corrected chi connectivity index (χ0v) is 17.3. The van der Waals surface area contributed by atoms with Crippen LogP contribution in [0.1, 0.15) is 47.1 Å². The Morgan fingerprint density at radius 1 is 1.14 bits per heavy atom. The molecule has 1 aliphatic rings. The lowest BCUT2D eigenvalue weighted by Gasteiger charge is -2.20. The number of hydrogen-bond donors (Lipinski definition) is 0. The molecular formula is C21H25N3O3S. The van der Waals surface area contributed by atoms with Gasteiger partial charge in [0.05, 0.1) is 5.56 Å². The summed E-state index contributed by atoms with van der Waals surface area (Å²) < 4.78 is 5.47. The van der Waals surface area contributed by atoms with Crippen LogP contribution >= 0.6 is 11.8 Å². The number of amides is 1. The van der Waals surface area contributed by atoms with Crippen molar-refractivity contribution in [3.8, 4) is 0 Å². The average molecular weight is 400 g/mol. The highest BCUT2D eigenvalue weighted by molar-refractivity contribution is 7.98. The summed E-state index contributed by atoms with van der Waals surface area (Å²) in [6.45, 7) is 6.98. The summed E-state index contributed by atoms with van der Waals surface area (Å²) >= 11 is 1.47. The van der Waals surface area contributed by atoms with Crippen LogP contribution in [0.15, 0.2) is 35.5 Å². The minimum absolute atomic E-state index is 0.124. The molecule has 7 heteroatoms. The number of ether oxygens (including phenoxy) is 1. The molecule has 1 atom stereocenters. The molecule has 0 unspecified atom stereocenters. The Morgan fingerprint density at radius 2 is 1.79 bits per heavy atom. The van der Waals surface area contributed by atoms with Crippen molar-refractivity contribution in [3.05, 3.63) is 52.8 Å². The number of carbonyl (C=O) groups excluding carboxylic acids is 2. The standard InChI is InChI=1S/C21H25N3O3S/c1-14-12-15(2)23-21(22-14)28-13-17-8-4-5-9-18(17)20(26)27-16(3)19(25)24-10-6-7-11-24/h4-5,8-9,12,16H,6-7,10-11,13H2,1-3H3/t16-/m1/s1. The van der Waals surface area contributed by atoms with Crippen molar-refractivity contribution in [2.75, 3.05) is 13.1 Å². The van der Waals surface area contributed by atoms with Crippen LogP contribution in [-0.4, -0.2) is 45.9 Å². The van der Waals surface area contributed by atoms with Crippen molar-refractivity contribution in [2.45, 2.75) is 50.6 Å². The molecule has 0 N–H and O–H groups in total. The van der Waals surface area contributed by atoms with Gasteiger partial charge in [-0.25, -0.2) is 14.8 Å². The average Bonchev–Trinajstić information content (AvgIpc) is 3.20. The van der Waals surface area contributed by atoms with Gasteiger partial charge in [-0.05, 0) is 51.3 Å². The number of nitrogens with zero attached hydrogens (tertiary/aromatic N) is 3. The monoisotopic (exact) mass is 399 g/mol. The largest absolute Gasteiger partial charge is 0.449 e. The molecule has 0 radical (unpaired) electrons. The first-order valence-corrected chi connectivity index (χ1v) is 10.5. The van der Waals surface area contributed by atoms with Gasteiger partial charge >= 0.3 is 5.97 Å². The summed E-state index contributed by atoms with van der Waals surface area (Å²) in [6, 6.07) is 9.22. The molecule has 1 aromatic carbocycles. The quantitative estimate of drug-likeness (QED) is 0.420. The fraction of sp³-hybridized carbons (Fsp3) is 0.429. The first-order valence-electron chi connectivity index (χ1n) is 9.47. The predicted octanol–water partition coefficient (Wildman–Crippen LogP) is 3.55. The molecule has 1 aliphatic heterocycles. The Balaban J connectivity index is 1.66.